The van der Waals surface area contributed by atoms with Gasteiger partial charge in [-0.05, 0) is 74.0 Å². The van der Waals surface area contributed by atoms with E-state index in [0.717, 1.165) is 11.3 Å². The molecule has 0 unspecified atom stereocenters. The summed E-state index contributed by atoms with van der Waals surface area (Å²) in [5, 5.41) is 0. The summed E-state index contributed by atoms with van der Waals surface area (Å²) in [5.74, 6) is 1.44. The number of aliphatic imine (C=N–C) groups is 1. The van der Waals surface area contributed by atoms with Crippen molar-refractivity contribution in [2.75, 3.05) is 11.9 Å². The predicted octanol–water partition coefficient (Wildman–Crippen LogP) is 6.20. The van der Waals surface area contributed by atoms with Crippen molar-refractivity contribution in [2.45, 2.75) is 19.8 Å². The lowest BCUT2D eigenvalue weighted by Crippen LogP contribution is -2.10. The van der Waals surface area contributed by atoms with Gasteiger partial charge in [-0.2, -0.15) is 0 Å². The molecule has 0 fully saturated rings. The van der Waals surface area contributed by atoms with E-state index < -0.39 is 11.6 Å². The van der Waals surface area contributed by atoms with Crippen LogP contribution in [0.3, 0.4) is 0 Å². The summed E-state index contributed by atoms with van der Waals surface area (Å²) >= 11 is 0. The zero-order valence-electron chi connectivity index (χ0n) is 20.5. The molecule has 0 aliphatic carbocycles. The van der Waals surface area contributed by atoms with E-state index in [9.17, 15) is 9.18 Å². The van der Waals surface area contributed by atoms with E-state index in [0.29, 0.717) is 46.4 Å². The Morgan fingerprint density at radius 3 is 2.70 bits per heavy atom. The van der Waals surface area contributed by atoms with Crippen LogP contribution in [0.25, 0.3) is 16.6 Å². The number of terminal acetylenes is 1. The average molecular weight is 498 g/mol. The average Bonchev–Trinajstić information content (AvgIpc) is 3.27. The quantitative estimate of drug-likeness (QED) is 0.173. The Morgan fingerprint density at radius 1 is 1.19 bits per heavy atom. The molecule has 4 rings (SSSR count). The molecular formula is C29H25F2N5O. The fourth-order valence-corrected chi connectivity index (χ4v) is 3.95. The molecule has 186 valence electrons. The molecule has 0 amide bonds. The standard InChI is InChI=1S/C29H25F2N5O/c1-5-19-13-22(30)24(33-17-19)10-8-6-7-9-18(2)20-14-23(31)28(32-3)27(15-20)36(4)21-11-12-25-26(16-21)35-29(37)34-25/h1,6-7,9,11-17H,3,8,10H2,2,4H3,(H2,34,35,37)/b7-6-,18-9+. The van der Waals surface area contributed by atoms with Gasteiger partial charge in [0.1, 0.15) is 11.5 Å². The van der Waals surface area contributed by atoms with Crippen LogP contribution < -0.4 is 10.6 Å². The number of halogens is 2. The van der Waals surface area contributed by atoms with E-state index in [1.807, 2.05) is 37.3 Å². The van der Waals surface area contributed by atoms with Gasteiger partial charge in [-0.25, -0.2) is 13.6 Å². The van der Waals surface area contributed by atoms with E-state index in [1.54, 1.807) is 24.1 Å². The van der Waals surface area contributed by atoms with Gasteiger partial charge in [0.25, 0.3) is 0 Å². The molecule has 2 heterocycles. The SMILES string of the molecule is C#Cc1cnc(CC/C=C\C=C(/C)c2cc(F)c(N=C)c(N(C)c3ccc4[nH]c(=O)[nH]c4c3)c2)c(F)c1. The van der Waals surface area contributed by atoms with Gasteiger partial charge in [-0.1, -0.05) is 24.1 Å². The second-order valence-corrected chi connectivity index (χ2v) is 8.47. The lowest BCUT2D eigenvalue weighted by Gasteiger charge is -2.22. The molecule has 0 atom stereocenters. The molecule has 0 saturated carbocycles. The van der Waals surface area contributed by atoms with E-state index >= 15 is 4.39 Å². The second kappa shape index (κ2) is 10.9. The van der Waals surface area contributed by atoms with E-state index in [2.05, 4.69) is 32.6 Å². The number of allylic oxidation sites excluding steroid dienone is 4. The number of aromatic amines is 2. The molecular weight excluding hydrogens is 472 g/mol. The van der Waals surface area contributed by atoms with Crippen molar-refractivity contribution in [1.82, 2.24) is 15.0 Å². The number of imidazole rings is 1. The number of H-pyrrole nitrogens is 2. The highest BCUT2D eigenvalue weighted by Crippen LogP contribution is 2.38. The molecule has 2 aromatic carbocycles. The topological polar surface area (TPSA) is 77.1 Å². The van der Waals surface area contributed by atoms with Crippen LogP contribution in [-0.4, -0.2) is 28.7 Å². The molecule has 6 nitrogen and oxygen atoms in total. The zero-order valence-corrected chi connectivity index (χ0v) is 20.5. The highest BCUT2D eigenvalue weighted by molar-refractivity contribution is 5.85. The predicted molar refractivity (Wildman–Crippen MR) is 146 cm³/mol. The first-order chi connectivity index (χ1) is 17.8. The summed E-state index contributed by atoms with van der Waals surface area (Å²) in [6.07, 6.45) is 13.4. The number of fused-ring (bicyclic) bond motifs is 1. The van der Waals surface area contributed by atoms with Crippen LogP contribution in [0.4, 0.5) is 25.8 Å². The van der Waals surface area contributed by atoms with Crippen molar-refractivity contribution in [3.63, 3.8) is 0 Å². The molecule has 2 N–H and O–H groups in total. The number of nitrogens with one attached hydrogen (secondary N) is 2. The lowest BCUT2D eigenvalue weighted by atomic mass is 10.0. The minimum absolute atomic E-state index is 0.127. The maximum atomic E-state index is 15.0. The summed E-state index contributed by atoms with van der Waals surface area (Å²) in [7, 11) is 1.79. The van der Waals surface area contributed by atoms with Crippen molar-refractivity contribution in [2.24, 2.45) is 4.99 Å². The first-order valence-electron chi connectivity index (χ1n) is 11.5. The van der Waals surface area contributed by atoms with Gasteiger partial charge in [0.05, 0.1) is 22.4 Å². The number of benzene rings is 2. The van der Waals surface area contributed by atoms with Crippen LogP contribution in [0.1, 0.15) is 30.2 Å². The van der Waals surface area contributed by atoms with Gasteiger partial charge in [0.15, 0.2) is 5.82 Å². The lowest BCUT2D eigenvalue weighted by molar-refractivity contribution is 0.598. The number of hydrogen-bond acceptors (Lipinski definition) is 4. The molecule has 0 aliphatic heterocycles. The van der Waals surface area contributed by atoms with Crippen molar-refractivity contribution in [1.29, 1.82) is 0 Å². The van der Waals surface area contributed by atoms with Crippen LogP contribution >= 0.6 is 0 Å². The molecule has 37 heavy (non-hydrogen) atoms. The van der Waals surface area contributed by atoms with Gasteiger partial charge in [-0.3, -0.25) is 9.98 Å². The smallest absolute Gasteiger partial charge is 0.323 e. The summed E-state index contributed by atoms with van der Waals surface area (Å²) < 4.78 is 29.0. The third kappa shape index (κ3) is 5.57. The number of hydrogen-bond donors (Lipinski definition) is 2. The van der Waals surface area contributed by atoms with Crippen molar-refractivity contribution < 1.29 is 8.78 Å². The number of rotatable bonds is 8. The van der Waals surface area contributed by atoms with E-state index in [-0.39, 0.29) is 11.4 Å². The van der Waals surface area contributed by atoms with Crippen LogP contribution in [0.15, 0.2) is 70.6 Å². The molecule has 0 bridgehead atoms. The van der Waals surface area contributed by atoms with Gasteiger partial charge in [-0.15, -0.1) is 6.42 Å². The number of pyridine rings is 1. The third-order valence-corrected chi connectivity index (χ3v) is 6.02. The fourth-order valence-electron chi connectivity index (χ4n) is 3.95. The van der Waals surface area contributed by atoms with Gasteiger partial charge in [0, 0.05) is 24.5 Å². The Balaban J connectivity index is 1.54. The Bertz CT molecular complexity index is 1640. The monoisotopic (exact) mass is 497 g/mol. The number of aryl methyl sites for hydroxylation is 1. The van der Waals surface area contributed by atoms with Gasteiger partial charge in [0.2, 0.25) is 0 Å². The van der Waals surface area contributed by atoms with Gasteiger partial charge >= 0.3 is 5.69 Å². The number of nitrogens with zero attached hydrogens (tertiary/aromatic N) is 3. The van der Waals surface area contributed by atoms with Crippen LogP contribution in [0.5, 0.6) is 0 Å². The summed E-state index contributed by atoms with van der Waals surface area (Å²) in [4.78, 5) is 26.8. The first-order valence-corrected chi connectivity index (χ1v) is 11.5. The highest BCUT2D eigenvalue weighted by Gasteiger charge is 2.16. The number of aromatic nitrogens is 3. The Hall–Kier alpha value is -4.77. The fraction of sp³-hybridized carbons (Fsp3) is 0.138. The molecule has 8 heteroatoms. The summed E-state index contributed by atoms with van der Waals surface area (Å²) in [6.45, 7) is 5.41. The Morgan fingerprint density at radius 2 is 1.97 bits per heavy atom. The van der Waals surface area contributed by atoms with E-state index in [4.69, 9.17) is 6.42 Å². The third-order valence-electron chi connectivity index (χ3n) is 6.02. The van der Waals surface area contributed by atoms with Crippen molar-refractivity contribution >= 4 is 40.4 Å². The number of anilines is 2. The highest BCUT2D eigenvalue weighted by atomic mass is 19.1. The molecule has 0 saturated heterocycles. The van der Waals surface area contributed by atoms with Crippen molar-refractivity contribution in [3.8, 4) is 12.3 Å². The maximum Gasteiger partial charge on any atom is 0.323 e. The summed E-state index contributed by atoms with van der Waals surface area (Å²) in [6, 6.07) is 9.96. The molecule has 2 aromatic heterocycles. The molecule has 0 spiro atoms. The Kier molecular flexibility index (Phi) is 7.44. The zero-order chi connectivity index (χ0) is 26.5. The minimum Gasteiger partial charge on any atom is -0.343 e. The summed E-state index contributed by atoms with van der Waals surface area (Å²) in [5.41, 5.74) is 4.67. The van der Waals surface area contributed by atoms with Gasteiger partial charge < -0.3 is 14.9 Å². The molecule has 4 aromatic rings. The molecule has 0 aliphatic rings. The largest absolute Gasteiger partial charge is 0.343 e. The minimum atomic E-state index is -0.501. The van der Waals surface area contributed by atoms with Crippen LogP contribution in [0.2, 0.25) is 0 Å². The van der Waals surface area contributed by atoms with E-state index in [1.165, 1.54) is 18.3 Å². The Labute approximate surface area is 213 Å². The maximum absolute atomic E-state index is 15.0. The first kappa shape index (κ1) is 25.3. The normalized spacial score (nSPS) is 11.7. The van der Waals surface area contributed by atoms with Crippen LogP contribution in [-0.2, 0) is 6.42 Å². The second-order valence-electron chi connectivity index (χ2n) is 8.47. The van der Waals surface area contributed by atoms with Crippen LogP contribution in [0, 0.1) is 24.0 Å². The van der Waals surface area contributed by atoms with Crippen molar-refractivity contribution in [3.05, 3.63) is 99.8 Å². The molecule has 0 radical (unpaired) electrons.